The van der Waals surface area contributed by atoms with Gasteiger partial charge in [-0.2, -0.15) is 0 Å². The number of carbonyl (C=O) groups excluding carboxylic acids is 2. The van der Waals surface area contributed by atoms with Crippen LogP contribution in [0, 0.1) is 0 Å². The van der Waals surface area contributed by atoms with Crippen LogP contribution >= 0.6 is 0 Å². The zero-order valence-corrected chi connectivity index (χ0v) is 16.7. The number of benzene rings is 1. The lowest BCUT2D eigenvalue weighted by molar-refractivity contribution is -0.136. The number of fused-ring (bicyclic) bond motifs is 1. The number of nitrogens with zero attached hydrogens (tertiary/aromatic N) is 4. The summed E-state index contributed by atoms with van der Waals surface area (Å²) in [6.45, 7) is 6.07. The molecular weight excluding hydrogens is 372 g/mol. The van der Waals surface area contributed by atoms with Crippen LogP contribution in [0.1, 0.15) is 10.5 Å². The zero-order valence-electron chi connectivity index (χ0n) is 16.7. The summed E-state index contributed by atoms with van der Waals surface area (Å²) in [5, 5.41) is 1.97. The Hall–Kier alpha value is -2.71. The average Bonchev–Trinajstić information content (AvgIpc) is 2.79. The van der Waals surface area contributed by atoms with Gasteiger partial charge in [-0.15, -0.1) is 0 Å². The van der Waals surface area contributed by atoms with Crippen LogP contribution in [0.2, 0.25) is 0 Å². The third kappa shape index (κ3) is 4.33. The molecule has 2 saturated heterocycles. The van der Waals surface area contributed by atoms with Gasteiger partial charge < -0.3 is 19.3 Å². The molecule has 0 saturated carbocycles. The molecule has 4 rings (SSSR count). The van der Waals surface area contributed by atoms with E-state index in [0.717, 1.165) is 42.8 Å². The lowest BCUT2D eigenvalue weighted by Gasteiger charge is -2.37. The number of aromatic nitrogens is 1. The van der Waals surface area contributed by atoms with Crippen LogP contribution in [0.25, 0.3) is 10.8 Å². The van der Waals surface area contributed by atoms with Crippen LogP contribution in [-0.2, 0) is 14.3 Å². The third-order valence-corrected chi connectivity index (χ3v) is 5.51. The second-order valence-corrected chi connectivity index (χ2v) is 7.30. The van der Waals surface area contributed by atoms with Crippen molar-refractivity contribution in [3.05, 3.63) is 36.0 Å². The van der Waals surface area contributed by atoms with E-state index in [2.05, 4.69) is 14.8 Å². The van der Waals surface area contributed by atoms with Crippen molar-refractivity contribution in [1.29, 1.82) is 0 Å². The number of methoxy groups -OCH3 is 1. The molecular formula is C21H26N4O4. The van der Waals surface area contributed by atoms with E-state index in [0.29, 0.717) is 38.5 Å². The molecule has 0 radical (unpaired) electrons. The fourth-order valence-electron chi connectivity index (χ4n) is 3.85. The Bertz CT molecular complexity index is 889. The summed E-state index contributed by atoms with van der Waals surface area (Å²) in [6.07, 6.45) is 0. The van der Waals surface area contributed by atoms with E-state index in [1.54, 1.807) is 6.07 Å². The van der Waals surface area contributed by atoms with Gasteiger partial charge in [0, 0.05) is 44.7 Å². The van der Waals surface area contributed by atoms with Gasteiger partial charge in [0.2, 0.25) is 5.91 Å². The van der Waals surface area contributed by atoms with E-state index < -0.39 is 5.97 Å². The van der Waals surface area contributed by atoms with Crippen molar-refractivity contribution in [2.24, 2.45) is 0 Å². The van der Waals surface area contributed by atoms with Gasteiger partial charge in [0.1, 0.15) is 5.82 Å². The molecule has 8 nitrogen and oxygen atoms in total. The van der Waals surface area contributed by atoms with Crippen molar-refractivity contribution in [3.8, 4) is 0 Å². The quantitative estimate of drug-likeness (QED) is 0.712. The van der Waals surface area contributed by atoms with Crippen molar-refractivity contribution in [2.45, 2.75) is 0 Å². The molecule has 154 valence electrons. The number of hydrogen-bond acceptors (Lipinski definition) is 7. The molecule has 2 aromatic rings. The number of amides is 1. The molecule has 2 fully saturated rings. The largest absolute Gasteiger partial charge is 0.464 e. The Labute approximate surface area is 170 Å². The minimum atomic E-state index is -0.438. The molecule has 3 heterocycles. The minimum absolute atomic E-state index is 0.165. The second-order valence-electron chi connectivity index (χ2n) is 7.30. The van der Waals surface area contributed by atoms with Gasteiger partial charge in [-0.3, -0.25) is 9.69 Å². The highest BCUT2D eigenvalue weighted by atomic mass is 16.5. The molecule has 2 aliphatic rings. The minimum Gasteiger partial charge on any atom is -0.464 e. The Morgan fingerprint density at radius 2 is 1.79 bits per heavy atom. The first kappa shape index (κ1) is 19.6. The topological polar surface area (TPSA) is 75.2 Å². The Morgan fingerprint density at radius 1 is 1.07 bits per heavy atom. The van der Waals surface area contributed by atoms with Gasteiger partial charge in [-0.25, -0.2) is 9.78 Å². The van der Waals surface area contributed by atoms with E-state index in [1.807, 2.05) is 29.2 Å². The van der Waals surface area contributed by atoms with Gasteiger partial charge in [0.25, 0.3) is 0 Å². The summed E-state index contributed by atoms with van der Waals surface area (Å²) in [7, 11) is 1.36. The molecule has 0 aliphatic carbocycles. The molecule has 0 spiro atoms. The third-order valence-electron chi connectivity index (χ3n) is 5.51. The number of piperazine rings is 1. The molecule has 29 heavy (non-hydrogen) atoms. The Morgan fingerprint density at radius 3 is 2.52 bits per heavy atom. The van der Waals surface area contributed by atoms with Gasteiger partial charge >= 0.3 is 5.97 Å². The van der Waals surface area contributed by atoms with E-state index in [4.69, 9.17) is 9.47 Å². The number of ether oxygens (including phenoxy) is 2. The van der Waals surface area contributed by atoms with Gasteiger partial charge in [-0.05, 0) is 11.5 Å². The van der Waals surface area contributed by atoms with Crippen LogP contribution in [-0.4, -0.2) is 92.8 Å². The number of anilines is 1. The maximum atomic E-state index is 12.5. The molecule has 0 N–H and O–H groups in total. The number of carbonyl (C=O) groups is 2. The second kappa shape index (κ2) is 8.75. The summed E-state index contributed by atoms with van der Waals surface area (Å²) >= 11 is 0. The SMILES string of the molecule is COC(=O)c1cc2ccccc2c(N2CCN(CC(=O)N3CCOCC3)CC2)n1. The fourth-order valence-corrected chi connectivity index (χ4v) is 3.85. The van der Waals surface area contributed by atoms with E-state index in [-0.39, 0.29) is 5.91 Å². The summed E-state index contributed by atoms with van der Waals surface area (Å²) in [6, 6.07) is 9.68. The molecule has 1 aromatic carbocycles. The van der Waals surface area contributed by atoms with Crippen molar-refractivity contribution in [2.75, 3.05) is 71.0 Å². The number of esters is 1. The summed E-state index contributed by atoms with van der Waals surface area (Å²) < 4.78 is 10.2. The first-order valence-electron chi connectivity index (χ1n) is 9.96. The number of pyridine rings is 1. The van der Waals surface area contributed by atoms with Crippen LogP contribution in [0.5, 0.6) is 0 Å². The monoisotopic (exact) mass is 398 g/mol. The molecule has 1 amide bonds. The van der Waals surface area contributed by atoms with Crippen LogP contribution in [0.3, 0.4) is 0 Å². The first-order valence-corrected chi connectivity index (χ1v) is 9.96. The summed E-state index contributed by atoms with van der Waals surface area (Å²) in [5.41, 5.74) is 0.311. The molecule has 1 aromatic heterocycles. The molecule has 2 aliphatic heterocycles. The normalized spacial score (nSPS) is 18.1. The molecule has 0 atom stereocenters. The lowest BCUT2D eigenvalue weighted by atomic mass is 10.1. The highest BCUT2D eigenvalue weighted by molar-refractivity contribution is 5.98. The van der Waals surface area contributed by atoms with E-state index in [9.17, 15) is 9.59 Å². The Balaban J connectivity index is 1.46. The standard InChI is InChI=1S/C21H26N4O4/c1-28-21(27)18-14-16-4-2-3-5-17(16)20(22-18)25-8-6-23(7-9-25)15-19(26)24-10-12-29-13-11-24/h2-5,14H,6-13,15H2,1H3. The van der Waals surface area contributed by atoms with E-state index in [1.165, 1.54) is 7.11 Å². The number of rotatable bonds is 4. The first-order chi connectivity index (χ1) is 14.2. The number of hydrogen-bond donors (Lipinski definition) is 0. The molecule has 0 bridgehead atoms. The van der Waals surface area contributed by atoms with Crippen LogP contribution < -0.4 is 4.90 Å². The lowest BCUT2D eigenvalue weighted by Crippen LogP contribution is -2.51. The smallest absolute Gasteiger partial charge is 0.356 e. The predicted octanol–water partition coefficient (Wildman–Crippen LogP) is 1.00. The molecule has 0 unspecified atom stereocenters. The predicted molar refractivity (Wildman–Crippen MR) is 109 cm³/mol. The summed E-state index contributed by atoms with van der Waals surface area (Å²) in [5.74, 6) is 0.521. The number of morpholine rings is 1. The Kier molecular flexibility index (Phi) is 5.92. The van der Waals surface area contributed by atoms with Crippen LogP contribution in [0.15, 0.2) is 30.3 Å². The maximum Gasteiger partial charge on any atom is 0.356 e. The van der Waals surface area contributed by atoms with E-state index >= 15 is 0 Å². The zero-order chi connectivity index (χ0) is 20.2. The fraction of sp³-hybridized carbons (Fsp3) is 0.476. The highest BCUT2D eigenvalue weighted by Gasteiger charge is 2.25. The van der Waals surface area contributed by atoms with Crippen molar-refractivity contribution in [1.82, 2.24) is 14.8 Å². The van der Waals surface area contributed by atoms with Gasteiger partial charge in [-0.1, -0.05) is 24.3 Å². The average molecular weight is 398 g/mol. The van der Waals surface area contributed by atoms with Crippen LogP contribution in [0.4, 0.5) is 5.82 Å². The van der Waals surface area contributed by atoms with Crippen molar-refractivity contribution >= 4 is 28.5 Å². The summed E-state index contributed by atoms with van der Waals surface area (Å²) in [4.78, 5) is 35.4. The molecule has 8 heteroatoms. The highest BCUT2D eigenvalue weighted by Crippen LogP contribution is 2.27. The van der Waals surface area contributed by atoms with Gasteiger partial charge in [0.15, 0.2) is 5.69 Å². The maximum absolute atomic E-state index is 12.5. The van der Waals surface area contributed by atoms with Gasteiger partial charge in [0.05, 0.1) is 26.9 Å². The van der Waals surface area contributed by atoms with Crippen molar-refractivity contribution in [3.63, 3.8) is 0 Å². The van der Waals surface area contributed by atoms with Crippen molar-refractivity contribution < 1.29 is 19.1 Å².